The molecule has 0 aromatic carbocycles. The Bertz CT molecular complexity index is 504. The summed E-state index contributed by atoms with van der Waals surface area (Å²) in [4.78, 5) is 3.91. The lowest BCUT2D eigenvalue weighted by molar-refractivity contribution is 0.0173. The number of rotatable bonds is 3. The van der Waals surface area contributed by atoms with Gasteiger partial charge < -0.3 is 4.74 Å². The van der Waals surface area contributed by atoms with Gasteiger partial charge in [0, 0.05) is 18.8 Å². The van der Waals surface area contributed by atoms with Crippen LogP contribution in [0.1, 0.15) is 19.8 Å². The number of nitrogens with zero attached hydrogens (tertiary/aromatic N) is 1. The number of hydrogen-bond donors (Lipinski definition) is 1. The van der Waals surface area contributed by atoms with Gasteiger partial charge in [0.25, 0.3) is 0 Å². The second kappa shape index (κ2) is 5.52. The van der Waals surface area contributed by atoms with Crippen molar-refractivity contribution < 1.29 is 13.2 Å². The van der Waals surface area contributed by atoms with E-state index in [1.165, 1.54) is 18.3 Å². The average molecular weight is 291 g/mol. The first-order valence-corrected chi connectivity index (χ1v) is 7.59. The van der Waals surface area contributed by atoms with Gasteiger partial charge in [-0.15, -0.1) is 0 Å². The third kappa shape index (κ3) is 3.41. The molecule has 100 valence electrons. The van der Waals surface area contributed by atoms with Gasteiger partial charge in [0.2, 0.25) is 10.0 Å². The number of ether oxygens (including phenoxy) is 1. The Kier molecular flexibility index (Phi) is 4.21. The molecule has 18 heavy (non-hydrogen) atoms. The Morgan fingerprint density at radius 2 is 2.28 bits per heavy atom. The molecule has 0 saturated carbocycles. The van der Waals surface area contributed by atoms with Crippen molar-refractivity contribution in [1.29, 1.82) is 0 Å². The predicted octanol–water partition coefficient (Wildman–Crippen LogP) is 1.58. The molecule has 5 nitrogen and oxygen atoms in total. The van der Waals surface area contributed by atoms with Gasteiger partial charge in [-0.2, -0.15) is 0 Å². The summed E-state index contributed by atoms with van der Waals surface area (Å²) >= 11 is 5.63. The summed E-state index contributed by atoms with van der Waals surface area (Å²) in [5, 5.41) is 0.272. The van der Waals surface area contributed by atoms with Crippen molar-refractivity contribution in [3.05, 3.63) is 23.5 Å². The average Bonchev–Trinajstić information content (AvgIpc) is 2.29. The van der Waals surface area contributed by atoms with Gasteiger partial charge in [-0.05, 0) is 31.9 Å². The number of nitrogens with one attached hydrogen (secondary N) is 1. The van der Waals surface area contributed by atoms with Crippen LogP contribution in [0.4, 0.5) is 0 Å². The summed E-state index contributed by atoms with van der Waals surface area (Å²) in [5.41, 5.74) is 0. The third-order valence-electron chi connectivity index (χ3n) is 2.82. The zero-order valence-electron chi connectivity index (χ0n) is 9.97. The monoisotopic (exact) mass is 290 g/mol. The predicted molar refractivity (Wildman–Crippen MR) is 68.0 cm³/mol. The van der Waals surface area contributed by atoms with E-state index in [0.717, 1.165) is 0 Å². The van der Waals surface area contributed by atoms with Crippen LogP contribution >= 0.6 is 11.6 Å². The molecule has 1 N–H and O–H groups in total. The SMILES string of the molecule is CC1CC(NS(=O)(=O)c2ccc(Cl)nc2)CCO1. The van der Waals surface area contributed by atoms with E-state index in [4.69, 9.17) is 16.3 Å². The molecule has 0 aliphatic carbocycles. The van der Waals surface area contributed by atoms with Crippen LogP contribution in [0.2, 0.25) is 5.15 Å². The van der Waals surface area contributed by atoms with E-state index in [2.05, 4.69) is 9.71 Å². The van der Waals surface area contributed by atoms with E-state index in [9.17, 15) is 8.42 Å². The minimum absolute atomic E-state index is 0.0785. The van der Waals surface area contributed by atoms with Crippen LogP contribution in [-0.2, 0) is 14.8 Å². The molecule has 2 atom stereocenters. The normalized spacial score (nSPS) is 25.0. The molecule has 7 heteroatoms. The van der Waals surface area contributed by atoms with E-state index < -0.39 is 10.0 Å². The van der Waals surface area contributed by atoms with Crippen LogP contribution in [-0.4, -0.2) is 32.2 Å². The van der Waals surface area contributed by atoms with Gasteiger partial charge in [-0.25, -0.2) is 18.1 Å². The molecular weight excluding hydrogens is 276 g/mol. The van der Waals surface area contributed by atoms with Gasteiger partial charge in [0.1, 0.15) is 10.0 Å². The largest absolute Gasteiger partial charge is 0.378 e. The lowest BCUT2D eigenvalue weighted by Crippen LogP contribution is -2.41. The van der Waals surface area contributed by atoms with Gasteiger partial charge >= 0.3 is 0 Å². The molecular formula is C11H15ClN2O3S. The zero-order chi connectivity index (χ0) is 13.2. The lowest BCUT2D eigenvalue weighted by Gasteiger charge is -2.27. The number of sulfonamides is 1. The Balaban J connectivity index is 2.09. The summed E-state index contributed by atoms with van der Waals surface area (Å²) in [6, 6.07) is 2.82. The van der Waals surface area contributed by atoms with Crippen molar-refractivity contribution in [1.82, 2.24) is 9.71 Å². The van der Waals surface area contributed by atoms with Crippen molar-refractivity contribution in [3.63, 3.8) is 0 Å². The van der Waals surface area contributed by atoms with E-state index in [1.807, 2.05) is 6.92 Å². The van der Waals surface area contributed by atoms with Crippen LogP contribution in [0.3, 0.4) is 0 Å². The van der Waals surface area contributed by atoms with Crippen LogP contribution in [0.25, 0.3) is 0 Å². The fourth-order valence-electron chi connectivity index (χ4n) is 1.91. The first-order valence-electron chi connectivity index (χ1n) is 5.73. The summed E-state index contributed by atoms with van der Waals surface area (Å²) in [7, 11) is -3.53. The van der Waals surface area contributed by atoms with Gasteiger partial charge in [-0.3, -0.25) is 0 Å². The summed E-state index contributed by atoms with van der Waals surface area (Å²) in [6.45, 7) is 2.51. The highest BCUT2D eigenvalue weighted by atomic mass is 35.5. The van der Waals surface area contributed by atoms with Crippen molar-refractivity contribution in [2.24, 2.45) is 0 Å². The molecule has 2 rings (SSSR count). The number of halogens is 1. The maximum Gasteiger partial charge on any atom is 0.242 e. The molecule has 2 heterocycles. The standard InChI is InChI=1S/C11H15ClN2O3S/c1-8-6-9(4-5-17-8)14-18(15,16)10-2-3-11(12)13-7-10/h2-3,7-9,14H,4-6H2,1H3. The highest BCUT2D eigenvalue weighted by Gasteiger charge is 2.25. The molecule has 1 aliphatic heterocycles. The van der Waals surface area contributed by atoms with Gasteiger partial charge in [-0.1, -0.05) is 11.6 Å². The molecule has 1 saturated heterocycles. The quantitative estimate of drug-likeness (QED) is 0.858. The van der Waals surface area contributed by atoms with E-state index in [1.54, 1.807) is 0 Å². The second-order valence-corrected chi connectivity index (χ2v) is 6.44. The van der Waals surface area contributed by atoms with Crippen molar-refractivity contribution in [3.8, 4) is 0 Å². The molecule has 0 bridgehead atoms. The summed E-state index contributed by atoms with van der Waals surface area (Å²) < 4.78 is 32.2. The molecule has 1 aromatic heterocycles. The number of hydrogen-bond acceptors (Lipinski definition) is 4. The Morgan fingerprint density at radius 3 is 2.89 bits per heavy atom. The van der Waals surface area contributed by atoms with Crippen molar-refractivity contribution in [2.45, 2.75) is 36.8 Å². The molecule has 1 fully saturated rings. The highest BCUT2D eigenvalue weighted by molar-refractivity contribution is 7.89. The molecule has 0 spiro atoms. The first-order chi connectivity index (χ1) is 8.47. The second-order valence-electron chi connectivity index (χ2n) is 4.34. The maximum atomic E-state index is 12.1. The first kappa shape index (κ1) is 13.7. The Morgan fingerprint density at radius 1 is 1.50 bits per heavy atom. The Labute approximate surface area is 112 Å². The van der Waals surface area contributed by atoms with Gasteiger partial charge in [0.05, 0.1) is 6.10 Å². The Hall–Kier alpha value is -0.690. The van der Waals surface area contributed by atoms with Gasteiger partial charge in [0.15, 0.2) is 0 Å². The van der Waals surface area contributed by atoms with E-state index >= 15 is 0 Å². The topological polar surface area (TPSA) is 68.3 Å². The summed E-state index contributed by atoms with van der Waals surface area (Å²) in [5.74, 6) is 0. The highest BCUT2D eigenvalue weighted by Crippen LogP contribution is 2.17. The lowest BCUT2D eigenvalue weighted by atomic mass is 10.1. The van der Waals surface area contributed by atoms with Crippen molar-refractivity contribution >= 4 is 21.6 Å². The van der Waals surface area contributed by atoms with Crippen LogP contribution in [0.15, 0.2) is 23.2 Å². The molecule has 1 aromatic rings. The van der Waals surface area contributed by atoms with E-state index in [0.29, 0.717) is 19.4 Å². The molecule has 2 unspecified atom stereocenters. The van der Waals surface area contributed by atoms with Crippen LogP contribution in [0, 0.1) is 0 Å². The number of pyridine rings is 1. The molecule has 0 radical (unpaired) electrons. The third-order valence-corrected chi connectivity index (χ3v) is 4.55. The minimum Gasteiger partial charge on any atom is -0.378 e. The summed E-state index contributed by atoms with van der Waals surface area (Å²) in [6.07, 6.45) is 2.70. The van der Waals surface area contributed by atoms with Crippen molar-refractivity contribution in [2.75, 3.05) is 6.61 Å². The molecule has 1 aliphatic rings. The maximum absolute atomic E-state index is 12.1. The fourth-order valence-corrected chi connectivity index (χ4v) is 3.25. The van der Waals surface area contributed by atoms with E-state index in [-0.39, 0.29) is 22.2 Å². The zero-order valence-corrected chi connectivity index (χ0v) is 11.5. The fraction of sp³-hybridized carbons (Fsp3) is 0.545. The molecule has 0 amide bonds. The smallest absolute Gasteiger partial charge is 0.242 e. The van der Waals surface area contributed by atoms with Crippen LogP contribution in [0.5, 0.6) is 0 Å². The minimum atomic E-state index is -3.53. The number of aromatic nitrogens is 1. The van der Waals surface area contributed by atoms with Crippen LogP contribution < -0.4 is 4.72 Å².